The number of methoxy groups -OCH3 is 1. The maximum absolute atomic E-state index is 12.6. The molecule has 0 saturated heterocycles. The summed E-state index contributed by atoms with van der Waals surface area (Å²) in [6, 6.07) is 6.41. The normalized spacial score (nSPS) is 11.8. The molecule has 1 atom stereocenters. The van der Waals surface area contributed by atoms with Crippen molar-refractivity contribution in [1.82, 2.24) is 20.8 Å². The van der Waals surface area contributed by atoms with Gasteiger partial charge in [0, 0.05) is 12.1 Å². The fourth-order valence-electron chi connectivity index (χ4n) is 2.41. The van der Waals surface area contributed by atoms with Crippen molar-refractivity contribution in [3.05, 3.63) is 24.3 Å². The van der Waals surface area contributed by atoms with E-state index in [0.29, 0.717) is 16.7 Å². The smallest absolute Gasteiger partial charge is 0.315 e. The van der Waals surface area contributed by atoms with E-state index in [1.807, 2.05) is 45.0 Å². The number of rotatable bonds is 9. The highest BCUT2D eigenvalue weighted by Crippen LogP contribution is 2.27. The van der Waals surface area contributed by atoms with E-state index in [2.05, 4.69) is 26.1 Å². The number of aromatic nitrogens is 2. The van der Waals surface area contributed by atoms with Crippen LogP contribution in [-0.4, -0.2) is 41.8 Å². The van der Waals surface area contributed by atoms with Crippen LogP contribution in [0.1, 0.15) is 33.6 Å². The van der Waals surface area contributed by atoms with E-state index < -0.39 is 6.04 Å². The highest BCUT2D eigenvalue weighted by molar-refractivity contribution is 7.18. The maximum atomic E-state index is 12.6. The lowest BCUT2D eigenvalue weighted by Crippen LogP contribution is -2.50. The number of carbonyl (C=O) groups is 2. The van der Waals surface area contributed by atoms with Crippen LogP contribution in [0.4, 0.5) is 9.93 Å². The maximum Gasteiger partial charge on any atom is 0.315 e. The standard InChI is InChI=1S/C19H27N5O3S/c1-5-6-11-20-18(26)21-15(12(2)3)16(25)22-19-24-23-17(28-19)13-7-9-14(27-4)10-8-13/h7-10,12,15H,5-6,11H2,1-4H3,(H2,20,21,26)(H,22,24,25)/t15-/m1/s1. The molecule has 1 aromatic carbocycles. The Hall–Kier alpha value is -2.68. The molecule has 1 aromatic heterocycles. The largest absolute Gasteiger partial charge is 0.497 e. The molecule has 0 aliphatic heterocycles. The van der Waals surface area contributed by atoms with Crippen LogP contribution in [0.3, 0.4) is 0 Å². The number of urea groups is 1. The Morgan fingerprint density at radius 2 is 1.89 bits per heavy atom. The second-order valence-corrected chi connectivity index (χ2v) is 7.58. The van der Waals surface area contributed by atoms with E-state index in [1.54, 1.807) is 7.11 Å². The summed E-state index contributed by atoms with van der Waals surface area (Å²) < 4.78 is 5.14. The van der Waals surface area contributed by atoms with Gasteiger partial charge in [0.05, 0.1) is 7.11 Å². The minimum atomic E-state index is -0.671. The molecule has 1 heterocycles. The van der Waals surface area contributed by atoms with Gasteiger partial charge >= 0.3 is 6.03 Å². The van der Waals surface area contributed by atoms with Crippen molar-refractivity contribution >= 4 is 28.4 Å². The molecule has 0 fully saturated rings. The first kappa shape index (κ1) is 21.6. The molecule has 0 aliphatic carbocycles. The molecule has 0 radical (unpaired) electrons. The molecule has 28 heavy (non-hydrogen) atoms. The topological polar surface area (TPSA) is 105 Å². The number of hydrogen-bond donors (Lipinski definition) is 3. The van der Waals surface area contributed by atoms with Crippen molar-refractivity contribution in [3.8, 4) is 16.3 Å². The third kappa shape index (κ3) is 6.19. The second kappa shape index (κ2) is 10.6. The van der Waals surface area contributed by atoms with Gasteiger partial charge in [0.1, 0.15) is 16.8 Å². The van der Waals surface area contributed by atoms with Crippen LogP contribution in [0.15, 0.2) is 24.3 Å². The Bertz CT molecular complexity index is 776. The summed E-state index contributed by atoms with van der Waals surface area (Å²) in [5.74, 6) is 0.355. The third-order valence-corrected chi connectivity index (χ3v) is 4.93. The van der Waals surface area contributed by atoms with Gasteiger partial charge in [0.2, 0.25) is 11.0 Å². The van der Waals surface area contributed by atoms with Gasteiger partial charge < -0.3 is 15.4 Å². The van der Waals surface area contributed by atoms with Crippen molar-refractivity contribution < 1.29 is 14.3 Å². The minimum Gasteiger partial charge on any atom is -0.497 e. The molecule has 9 heteroatoms. The summed E-state index contributed by atoms with van der Waals surface area (Å²) in [5.41, 5.74) is 0.882. The highest BCUT2D eigenvalue weighted by atomic mass is 32.1. The van der Waals surface area contributed by atoms with Crippen molar-refractivity contribution in [2.24, 2.45) is 5.92 Å². The number of nitrogens with one attached hydrogen (secondary N) is 3. The zero-order valence-corrected chi connectivity index (χ0v) is 17.4. The molecule has 2 rings (SSSR count). The number of nitrogens with zero attached hydrogens (tertiary/aromatic N) is 2. The molecule has 0 spiro atoms. The lowest BCUT2D eigenvalue weighted by Gasteiger charge is -2.21. The first-order chi connectivity index (χ1) is 13.4. The number of unbranched alkanes of at least 4 members (excludes halogenated alkanes) is 1. The summed E-state index contributed by atoms with van der Waals surface area (Å²) in [4.78, 5) is 24.6. The molecule has 0 saturated carbocycles. The van der Waals surface area contributed by atoms with Crippen molar-refractivity contribution in [3.63, 3.8) is 0 Å². The number of benzene rings is 1. The molecule has 3 amide bonds. The van der Waals surface area contributed by atoms with Gasteiger partial charge in [0.15, 0.2) is 0 Å². The van der Waals surface area contributed by atoms with E-state index in [9.17, 15) is 9.59 Å². The van der Waals surface area contributed by atoms with Gasteiger partial charge in [-0.2, -0.15) is 0 Å². The van der Waals surface area contributed by atoms with Gasteiger partial charge in [-0.3, -0.25) is 10.1 Å². The van der Waals surface area contributed by atoms with Crippen molar-refractivity contribution in [1.29, 1.82) is 0 Å². The number of anilines is 1. The predicted octanol–water partition coefficient (Wildman–Crippen LogP) is 3.28. The highest BCUT2D eigenvalue weighted by Gasteiger charge is 2.25. The molecule has 2 aromatic rings. The van der Waals surface area contributed by atoms with Crippen molar-refractivity contribution in [2.75, 3.05) is 19.0 Å². The summed E-state index contributed by atoms with van der Waals surface area (Å²) in [7, 11) is 1.61. The monoisotopic (exact) mass is 405 g/mol. The van der Waals surface area contributed by atoms with E-state index in [1.165, 1.54) is 11.3 Å². The molecule has 152 valence electrons. The van der Waals surface area contributed by atoms with Crippen LogP contribution in [0, 0.1) is 5.92 Å². The SMILES string of the molecule is CCCCNC(=O)N[C@@H](C(=O)Nc1nnc(-c2ccc(OC)cc2)s1)C(C)C. The van der Waals surface area contributed by atoms with Crippen LogP contribution < -0.4 is 20.7 Å². The van der Waals surface area contributed by atoms with E-state index in [4.69, 9.17) is 4.74 Å². The van der Waals surface area contributed by atoms with Crippen LogP contribution in [0.25, 0.3) is 10.6 Å². The Morgan fingerprint density at radius 3 is 2.50 bits per heavy atom. The average Bonchev–Trinajstić information content (AvgIpc) is 3.14. The summed E-state index contributed by atoms with van der Waals surface area (Å²) in [5, 5.41) is 17.5. The molecule has 0 unspecified atom stereocenters. The van der Waals surface area contributed by atoms with Crippen LogP contribution in [0.2, 0.25) is 0 Å². The second-order valence-electron chi connectivity index (χ2n) is 6.61. The summed E-state index contributed by atoms with van der Waals surface area (Å²) in [6.45, 7) is 6.38. The predicted molar refractivity (Wildman–Crippen MR) is 111 cm³/mol. The first-order valence-corrected chi connectivity index (χ1v) is 10.1. The zero-order valence-electron chi connectivity index (χ0n) is 16.6. The molecule has 0 bridgehead atoms. The fourth-order valence-corrected chi connectivity index (χ4v) is 3.17. The lowest BCUT2D eigenvalue weighted by molar-refractivity contribution is -0.118. The van der Waals surface area contributed by atoms with Crippen LogP contribution in [0.5, 0.6) is 5.75 Å². The van der Waals surface area contributed by atoms with E-state index in [-0.39, 0.29) is 17.9 Å². The van der Waals surface area contributed by atoms with Gasteiger partial charge in [-0.05, 0) is 36.6 Å². The van der Waals surface area contributed by atoms with E-state index >= 15 is 0 Å². The van der Waals surface area contributed by atoms with Crippen LogP contribution >= 0.6 is 11.3 Å². The van der Waals surface area contributed by atoms with E-state index in [0.717, 1.165) is 24.2 Å². The Labute approximate surface area is 169 Å². The molecule has 3 N–H and O–H groups in total. The Kier molecular flexibility index (Phi) is 8.19. The molecular weight excluding hydrogens is 378 g/mol. The van der Waals surface area contributed by atoms with Crippen molar-refractivity contribution in [2.45, 2.75) is 39.7 Å². The molecular formula is C19H27N5O3S. The van der Waals surface area contributed by atoms with Gasteiger partial charge in [-0.25, -0.2) is 4.79 Å². The Morgan fingerprint density at radius 1 is 1.18 bits per heavy atom. The van der Waals surface area contributed by atoms with Gasteiger partial charge in [0.25, 0.3) is 0 Å². The molecule has 0 aliphatic rings. The fraction of sp³-hybridized carbons (Fsp3) is 0.474. The van der Waals surface area contributed by atoms with Gasteiger partial charge in [-0.15, -0.1) is 10.2 Å². The Balaban J connectivity index is 1.99. The minimum absolute atomic E-state index is 0.0779. The number of carbonyl (C=O) groups excluding carboxylic acids is 2. The number of hydrogen-bond acceptors (Lipinski definition) is 6. The number of ether oxygens (including phenoxy) is 1. The number of amides is 3. The zero-order chi connectivity index (χ0) is 20.5. The quantitative estimate of drug-likeness (QED) is 0.555. The van der Waals surface area contributed by atoms with Crippen LogP contribution in [-0.2, 0) is 4.79 Å². The van der Waals surface area contributed by atoms with Gasteiger partial charge in [-0.1, -0.05) is 38.5 Å². The third-order valence-electron chi connectivity index (χ3n) is 4.04. The lowest BCUT2D eigenvalue weighted by atomic mass is 10.0. The summed E-state index contributed by atoms with van der Waals surface area (Å²) in [6.07, 6.45) is 1.88. The summed E-state index contributed by atoms with van der Waals surface area (Å²) >= 11 is 1.27. The first-order valence-electron chi connectivity index (χ1n) is 9.27. The molecule has 8 nitrogen and oxygen atoms in total. The average molecular weight is 406 g/mol.